The van der Waals surface area contributed by atoms with Gasteiger partial charge in [-0.05, 0) is 25.0 Å². The highest BCUT2D eigenvalue weighted by molar-refractivity contribution is 5.44. The van der Waals surface area contributed by atoms with Crippen molar-refractivity contribution in [3.8, 4) is 11.7 Å². The maximum atomic E-state index is 6.23. The lowest BCUT2D eigenvalue weighted by Crippen LogP contribution is -2.36. The summed E-state index contributed by atoms with van der Waals surface area (Å²) < 4.78 is 10.8. The second-order valence-electron chi connectivity index (χ2n) is 4.41. The van der Waals surface area contributed by atoms with Crippen LogP contribution in [0.15, 0.2) is 21.1 Å². The van der Waals surface area contributed by atoms with Gasteiger partial charge in [0.1, 0.15) is 5.76 Å². The monoisotopic (exact) mass is 249 g/mol. The summed E-state index contributed by atoms with van der Waals surface area (Å²) in [5.74, 6) is 2.42. The van der Waals surface area contributed by atoms with Crippen molar-refractivity contribution in [2.75, 3.05) is 0 Å². The van der Waals surface area contributed by atoms with Crippen LogP contribution >= 0.6 is 0 Å². The predicted octanol–water partition coefficient (Wildman–Crippen LogP) is 2.87. The van der Waals surface area contributed by atoms with Gasteiger partial charge >= 0.3 is 0 Å². The number of nitrogens with two attached hydrogens (primary N) is 1. The first-order valence-electron chi connectivity index (χ1n) is 6.35. The van der Waals surface area contributed by atoms with Crippen molar-refractivity contribution in [2.45, 2.75) is 45.6 Å². The first-order chi connectivity index (χ1) is 8.62. The molecule has 0 amide bonds. The van der Waals surface area contributed by atoms with Crippen LogP contribution in [-0.2, 0) is 12.0 Å². The topological polar surface area (TPSA) is 78.1 Å². The van der Waals surface area contributed by atoms with Crippen molar-refractivity contribution in [3.05, 3.63) is 23.7 Å². The van der Waals surface area contributed by atoms with Crippen molar-refractivity contribution < 1.29 is 8.94 Å². The van der Waals surface area contributed by atoms with Gasteiger partial charge in [-0.1, -0.05) is 25.9 Å². The summed E-state index contributed by atoms with van der Waals surface area (Å²) in [4.78, 5) is 4.35. The molecule has 5 nitrogen and oxygen atoms in total. The number of aromatic nitrogens is 2. The van der Waals surface area contributed by atoms with E-state index >= 15 is 0 Å². The van der Waals surface area contributed by atoms with E-state index < -0.39 is 5.54 Å². The molecule has 0 bridgehead atoms. The van der Waals surface area contributed by atoms with E-state index in [1.165, 1.54) is 0 Å². The fraction of sp³-hybridized carbons (Fsp3) is 0.538. The zero-order valence-electron chi connectivity index (χ0n) is 11.1. The minimum atomic E-state index is -0.526. The number of hydrogen-bond donors (Lipinski definition) is 1. The summed E-state index contributed by atoms with van der Waals surface area (Å²) in [7, 11) is 0. The van der Waals surface area contributed by atoms with Gasteiger partial charge in [-0.25, -0.2) is 0 Å². The highest BCUT2D eigenvalue weighted by Crippen LogP contribution is 2.26. The smallest absolute Gasteiger partial charge is 0.293 e. The Morgan fingerprint density at radius 3 is 2.50 bits per heavy atom. The lowest BCUT2D eigenvalue weighted by Gasteiger charge is -2.21. The van der Waals surface area contributed by atoms with Crippen molar-refractivity contribution in [3.63, 3.8) is 0 Å². The SMILES string of the molecule is CCc1ccc(-c2nc(C(N)(CC)CC)no2)o1. The number of furan rings is 1. The van der Waals surface area contributed by atoms with Gasteiger partial charge < -0.3 is 14.7 Å². The standard InChI is InChI=1S/C13H19N3O2/c1-4-9-7-8-10(17-9)11-15-12(16-18-11)13(14,5-2)6-3/h7-8H,4-6,14H2,1-3H3. The first-order valence-corrected chi connectivity index (χ1v) is 6.35. The number of rotatable bonds is 5. The molecular formula is C13H19N3O2. The van der Waals surface area contributed by atoms with Crippen LogP contribution in [-0.4, -0.2) is 10.1 Å². The van der Waals surface area contributed by atoms with Crippen LogP contribution < -0.4 is 5.73 Å². The van der Waals surface area contributed by atoms with Crippen LogP contribution in [0, 0.1) is 0 Å². The van der Waals surface area contributed by atoms with Gasteiger partial charge in [0.05, 0.1) is 5.54 Å². The van der Waals surface area contributed by atoms with E-state index in [1.54, 1.807) is 0 Å². The van der Waals surface area contributed by atoms with Gasteiger partial charge in [-0.2, -0.15) is 4.98 Å². The summed E-state index contributed by atoms with van der Waals surface area (Å²) >= 11 is 0. The molecule has 0 aliphatic rings. The maximum Gasteiger partial charge on any atom is 0.293 e. The highest BCUT2D eigenvalue weighted by atomic mass is 16.5. The number of aryl methyl sites for hydroxylation is 1. The van der Waals surface area contributed by atoms with Crippen LogP contribution in [0.3, 0.4) is 0 Å². The average molecular weight is 249 g/mol. The van der Waals surface area contributed by atoms with Gasteiger partial charge in [0, 0.05) is 6.42 Å². The Bertz CT molecular complexity index is 512. The zero-order chi connectivity index (χ0) is 13.2. The Hall–Kier alpha value is -1.62. The Kier molecular flexibility index (Phi) is 3.52. The van der Waals surface area contributed by atoms with Crippen LogP contribution in [0.4, 0.5) is 0 Å². The molecule has 2 N–H and O–H groups in total. The molecule has 0 spiro atoms. The normalized spacial score (nSPS) is 12.0. The Labute approximate surface area is 106 Å². The molecule has 0 atom stereocenters. The minimum Gasteiger partial charge on any atom is -0.456 e. The Balaban J connectivity index is 2.30. The molecule has 18 heavy (non-hydrogen) atoms. The third-order valence-corrected chi connectivity index (χ3v) is 3.35. The number of nitrogens with zero attached hydrogens (tertiary/aromatic N) is 2. The first kappa shape index (κ1) is 12.8. The average Bonchev–Trinajstić information content (AvgIpc) is 3.05. The summed E-state index contributed by atoms with van der Waals surface area (Å²) in [5.41, 5.74) is 5.70. The van der Waals surface area contributed by atoms with E-state index in [0.29, 0.717) is 17.5 Å². The summed E-state index contributed by atoms with van der Waals surface area (Å²) in [5, 5.41) is 3.97. The van der Waals surface area contributed by atoms with Crippen molar-refractivity contribution in [1.29, 1.82) is 0 Å². The van der Waals surface area contributed by atoms with Gasteiger partial charge in [-0.15, -0.1) is 0 Å². The van der Waals surface area contributed by atoms with Gasteiger partial charge in [-0.3, -0.25) is 0 Å². The largest absolute Gasteiger partial charge is 0.456 e. The van der Waals surface area contributed by atoms with Gasteiger partial charge in [0.25, 0.3) is 5.89 Å². The summed E-state index contributed by atoms with van der Waals surface area (Å²) in [6, 6.07) is 3.75. The molecule has 0 unspecified atom stereocenters. The van der Waals surface area contributed by atoms with Gasteiger partial charge in [0.15, 0.2) is 11.6 Å². The Morgan fingerprint density at radius 2 is 1.94 bits per heavy atom. The van der Waals surface area contributed by atoms with Crippen LogP contribution in [0.5, 0.6) is 0 Å². The van der Waals surface area contributed by atoms with Crippen molar-refractivity contribution in [1.82, 2.24) is 10.1 Å². The molecule has 0 aliphatic carbocycles. The molecule has 2 aromatic heterocycles. The summed E-state index contributed by atoms with van der Waals surface area (Å²) in [6.45, 7) is 6.06. The minimum absolute atomic E-state index is 0.390. The zero-order valence-corrected chi connectivity index (χ0v) is 11.1. The van der Waals surface area contributed by atoms with Crippen molar-refractivity contribution >= 4 is 0 Å². The molecule has 0 saturated carbocycles. The third-order valence-electron chi connectivity index (χ3n) is 3.35. The van der Waals surface area contributed by atoms with E-state index in [-0.39, 0.29) is 0 Å². The van der Waals surface area contributed by atoms with E-state index in [4.69, 9.17) is 14.7 Å². The molecule has 5 heteroatoms. The molecule has 2 heterocycles. The molecule has 0 aromatic carbocycles. The highest BCUT2D eigenvalue weighted by Gasteiger charge is 2.29. The summed E-state index contributed by atoms with van der Waals surface area (Å²) in [6.07, 6.45) is 2.37. The van der Waals surface area contributed by atoms with Crippen LogP contribution in [0.1, 0.15) is 45.2 Å². The van der Waals surface area contributed by atoms with Crippen LogP contribution in [0.2, 0.25) is 0 Å². The fourth-order valence-electron chi connectivity index (χ4n) is 1.77. The molecule has 0 saturated heterocycles. The lowest BCUT2D eigenvalue weighted by molar-refractivity contribution is 0.347. The maximum absolute atomic E-state index is 6.23. The fourth-order valence-corrected chi connectivity index (χ4v) is 1.77. The second-order valence-corrected chi connectivity index (χ2v) is 4.41. The van der Waals surface area contributed by atoms with E-state index in [2.05, 4.69) is 10.1 Å². The van der Waals surface area contributed by atoms with Gasteiger partial charge in [0.2, 0.25) is 0 Å². The lowest BCUT2D eigenvalue weighted by atomic mass is 9.93. The molecular weight excluding hydrogens is 230 g/mol. The van der Waals surface area contributed by atoms with E-state index in [1.807, 2.05) is 32.9 Å². The quantitative estimate of drug-likeness (QED) is 0.881. The predicted molar refractivity (Wildman–Crippen MR) is 67.8 cm³/mol. The molecule has 0 radical (unpaired) electrons. The second kappa shape index (κ2) is 4.94. The van der Waals surface area contributed by atoms with Crippen molar-refractivity contribution in [2.24, 2.45) is 5.73 Å². The van der Waals surface area contributed by atoms with E-state index in [0.717, 1.165) is 25.0 Å². The molecule has 98 valence electrons. The molecule has 2 aromatic rings. The number of hydrogen-bond acceptors (Lipinski definition) is 5. The molecule has 0 aliphatic heterocycles. The Morgan fingerprint density at radius 1 is 1.22 bits per heavy atom. The molecule has 0 fully saturated rings. The third kappa shape index (κ3) is 2.18. The molecule has 2 rings (SSSR count). The van der Waals surface area contributed by atoms with Crippen LogP contribution in [0.25, 0.3) is 11.7 Å². The van der Waals surface area contributed by atoms with E-state index in [9.17, 15) is 0 Å².